The Bertz CT molecular complexity index is 718. The summed E-state index contributed by atoms with van der Waals surface area (Å²) in [7, 11) is 1.65. The van der Waals surface area contributed by atoms with E-state index >= 15 is 0 Å². The predicted octanol–water partition coefficient (Wildman–Crippen LogP) is 3.22. The molecule has 1 N–H and O–H groups in total. The highest BCUT2D eigenvalue weighted by atomic mass is 35.5. The van der Waals surface area contributed by atoms with Gasteiger partial charge in [-0.25, -0.2) is 0 Å². The van der Waals surface area contributed by atoms with E-state index in [1.165, 1.54) is 0 Å². The van der Waals surface area contributed by atoms with Gasteiger partial charge < -0.3 is 9.64 Å². The number of nitriles is 1. The van der Waals surface area contributed by atoms with Crippen LogP contribution >= 0.6 is 11.6 Å². The first kappa shape index (κ1) is 15.7. The van der Waals surface area contributed by atoms with Crippen LogP contribution in [0.4, 0.5) is 5.69 Å². The quantitative estimate of drug-likeness (QED) is 0.916. The Labute approximate surface area is 141 Å². The fourth-order valence-corrected chi connectivity index (χ4v) is 2.98. The van der Waals surface area contributed by atoms with Crippen LogP contribution in [0.2, 0.25) is 5.02 Å². The van der Waals surface area contributed by atoms with Crippen LogP contribution in [0.15, 0.2) is 48.5 Å². The molecule has 4 nitrogen and oxygen atoms in total. The van der Waals surface area contributed by atoms with Gasteiger partial charge in [-0.2, -0.15) is 5.26 Å². The van der Waals surface area contributed by atoms with Crippen molar-refractivity contribution in [3.05, 3.63) is 59.1 Å². The molecule has 2 aromatic rings. The topological polar surface area (TPSA) is 48.3 Å². The first-order valence-corrected chi connectivity index (χ1v) is 7.82. The van der Waals surface area contributed by atoms with E-state index < -0.39 is 5.54 Å². The van der Waals surface area contributed by atoms with Gasteiger partial charge in [-0.1, -0.05) is 35.9 Å². The van der Waals surface area contributed by atoms with Crippen LogP contribution in [0.1, 0.15) is 5.56 Å². The van der Waals surface area contributed by atoms with Crippen LogP contribution in [-0.4, -0.2) is 25.7 Å². The van der Waals surface area contributed by atoms with E-state index in [9.17, 15) is 5.26 Å². The molecule has 1 aliphatic rings. The van der Waals surface area contributed by atoms with Crippen molar-refractivity contribution < 1.29 is 4.74 Å². The summed E-state index contributed by atoms with van der Waals surface area (Å²) in [4.78, 5) is 2.12. The highest BCUT2D eigenvalue weighted by molar-refractivity contribution is 6.33. The summed E-state index contributed by atoms with van der Waals surface area (Å²) in [5.41, 5.74) is 1.57. The van der Waals surface area contributed by atoms with E-state index in [4.69, 9.17) is 16.3 Å². The van der Waals surface area contributed by atoms with Crippen molar-refractivity contribution in [2.75, 3.05) is 25.1 Å². The fourth-order valence-electron chi connectivity index (χ4n) is 2.72. The van der Waals surface area contributed by atoms with Crippen molar-refractivity contribution in [3.8, 4) is 11.8 Å². The van der Waals surface area contributed by atoms with Gasteiger partial charge in [0.05, 0.1) is 37.0 Å². The normalized spacial score (nSPS) is 15.6. The highest BCUT2D eigenvalue weighted by Crippen LogP contribution is 2.32. The van der Waals surface area contributed by atoms with Crippen LogP contribution in [0, 0.1) is 11.3 Å². The number of hydrogen-bond donors (Lipinski definition) is 1. The number of rotatable bonds is 5. The van der Waals surface area contributed by atoms with Gasteiger partial charge in [0.25, 0.3) is 0 Å². The SMILES string of the molecule is COc1ccc(CNC2(C#N)CN(c3ccccc3Cl)C2)cc1. The van der Waals surface area contributed by atoms with Crippen molar-refractivity contribution in [2.45, 2.75) is 12.1 Å². The van der Waals surface area contributed by atoms with Crippen molar-refractivity contribution in [2.24, 2.45) is 0 Å². The van der Waals surface area contributed by atoms with Crippen molar-refractivity contribution in [1.82, 2.24) is 5.32 Å². The highest BCUT2D eigenvalue weighted by Gasteiger charge is 2.43. The molecule has 0 spiro atoms. The van der Waals surface area contributed by atoms with Crippen LogP contribution in [-0.2, 0) is 6.54 Å². The molecule has 1 fully saturated rings. The molecule has 1 aliphatic heterocycles. The summed E-state index contributed by atoms with van der Waals surface area (Å²) in [6, 6.07) is 18.0. The number of nitrogens with zero attached hydrogens (tertiary/aromatic N) is 2. The molecule has 23 heavy (non-hydrogen) atoms. The molecule has 5 heteroatoms. The molecule has 3 rings (SSSR count). The Morgan fingerprint density at radius 2 is 1.91 bits per heavy atom. The van der Waals surface area contributed by atoms with Crippen molar-refractivity contribution >= 4 is 17.3 Å². The fraction of sp³-hybridized carbons (Fsp3) is 0.278. The molecule has 118 valence electrons. The van der Waals surface area contributed by atoms with Crippen LogP contribution in [0.5, 0.6) is 5.75 Å². The molecule has 2 aromatic carbocycles. The third-order valence-corrected chi connectivity index (χ3v) is 4.44. The van der Waals surface area contributed by atoms with E-state index in [0.717, 1.165) is 17.0 Å². The molecule has 0 aliphatic carbocycles. The molecule has 0 atom stereocenters. The number of anilines is 1. The Hall–Kier alpha value is -2.22. The average Bonchev–Trinajstić information content (AvgIpc) is 2.56. The molecule has 0 aromatic heterocycles. The van der Waals surface area contributed by atoms with Gasteiger partial charge >= 0.3 is 0 Å². The molecule has 1 saturated heterocycles. The zero-order valence-electron chi connectivity index (χ0n) is 12.9. The van der Waals surface area contributed by atoms with Crippen LogP contribution in [0.3, 0.4) is 0 Å². The molecule has 0 saturated carbocycles. The maximum atomic E-state index is 9.54. The largest absolute Gasteiger partial charge is 0.497 e. The van der Waals surface area contributed by atoms with Gasteiger partial charge in [0, 0.05) is 6.54 Å². The summed E-state index contributed by atoms with van der Waals surface area (Å²) in [5.74, 6) is 0.831. The number of methoxy groups -OCH3 is 1. The molecule has 0 radical (unpaired) electrons. The summed E-state index contributed by atoms with van der Waals surface area (Å²) in [5, 5.41) is 13.6. The number of nitrogens with one attached hydrogen (secondary N) is 1. The zero-order chi connectivity index (χ0) is 16.3. The van der Waals surface area contributed by atoms with E-state index in [2.05, 4.69) is 16.3 Å². The maximum Gasteiger partial charge on any atom is 0.142 e. The summed E-state index contributed by atoms with van der Waals surface area (Å²) < 4.78 is 5.15. The van der Waals surface area contributed by atoms with E-state index in [0.29, 0.717) is 24.7 Å². The first-order valence-electron chi connectivity index (χ1n) is 7.44. The van der Waals surface area contributed by atoms with E-state index in [-0.39, 0.29) is 0 Å². The Morgan fingerprint density at radius 3 is 2.52 bits per heavy atom. The van der Waals surface area contributed by atoms with Gasteiger partial charge in [0.2, 0.25) is 0 Å². The van der Waals surface area contributed by atoms with E-state index in [1.807, 2.05) is 48.5 Å². The van der Waals surface area contributed by atoms with E-state index in [1.54, 1.807) is 7.11 Å². The smallest absolute Gasteiger partial charge is 0.142 e. The van der Waals surface area contributed by atoms with Gasteiger partial charge in [0.1, 0.15) is 11.3 Å². The molecular weight excluding hydrogens is 310 g/mol. The minimum atomic E-state index is -0.529. The Balaban J connectivity index is 1.61. The molecular formula is C18H18ClN3O. The van der Waals surface area contributed by atoms with Gasteiger partial charge in [0.15, 0.2) is 0 Å². The predicted molar refractivity (Wildman–Crippen MR) is 91.8 cm³/mol. The minimum Gasteiger partial charge on any atom is -0.497 e. The standard InChI is InChI=1S/C18H18ClN3O/c1-23-15-8-6-14(7-9-15)10-21-18(11-20)12-22(13-18)17-5-3-2-4-16(17)19/h2-9,21H,10,12-13H2,1H3. The lowest BCUT2D eigenvalue weighted by Gasteiger charge is -2.47. The Morgan fingerprint density at radius 1 is 1.22 bits per heavy atom. The minimum absolute atomic E-state index is 0.529. The second-order valence-electron chi connectivity index (χ2n) is 5.70. The average molecular weight is 328 g/mol. The van der Waals surface area contributed by atoms with Crippen molar-refractivity contribution in [3.63, 3.8) is 0 Å². The third-order valence-electron chi connectivity index (χ3n) is 4.12. The summed E-state index contributed by atoms with van der Waals surface area (Å²) >= 11 is 6.21. The van der Waals surface area contributed by atoms with Gasteiger partial charge in [-0.3, -0.25) is 5.32 Å². The third kappa shape index (κ3) is 3.26. The lowest BCUT2D eigenvalue weighted by Crippen LogP contribution is -2.68. The molecule has 0 amide bonds. The molecule has 1 heterocycles. The molecule has 0 bridgehead atoms. The lowest BCUT2D eigenvalue weighted by molar-refractivity contribution is 0.329. The number of benzene rings is 2. The lowest BCUT2D eigenvalue weighted by atomic mass is 9.90. The Kier molecular flexibility index (Phi) is 4.42. The van der Waals surface area contributed by atoms with Gasteiger partial charge in [-0.15, -0.1) is 0 Å². The number of para-hydroxylation sites is 1. The number of halogens is 1. The molecule has 0 unspecified atom stereocenters. The van der Waals surface area contributed by atoms with Crippen molar-refractivity contribution in [1.29, 1.82) is 5.26 Å². The van der Waals surface area contributed by atoms with Gasteiger partial charge in [-0.05, 0) is 29.8 Å². The summed E-state index contributed by atoms with van der Waals surface area (Å²) in [6.45, 7) is 1.90. The van der Waals surface area contributed by atoms with Crippen LogP contribution < -0.4 is 15.0 Å². The zero-order valence-corrected chi connectivity index (χ0v) is 13.7. The van der Waals surface area contributed by atoms with Crippen LogP contribution in [0.25, 0.3) is 0 Å². The first-order chi connectivity index (χ1) is 11.2. The number of hydrogen-bond acceptors (Lipinski definition) is 4. The monoisotopic (exact) mass is 327 g/mol. The second-order valence-corrected chi connectivity index (χ2v) is 6.11. The second kappa shape index (κ2) is 6.49. The number of ether oxygens (including phenoxy) is 1. The maximum absolute atomic E-state index is 9.54. The summed E-state index contributed by atoms with van der Waals surface area (Å²) in [6.07, 6.45) is 0.